The van der Waals surface area contributed by atoms with Crippen molar-refractivity contribution in [2.24, 2.45) is 11.8 Å². The van der Waals surface area contributed by atoms with E-state index in [0.717, 1.165) is 10.5 Å². The Bertz CT molecular complexity index is 741. The van der Waals surface area contributed by atoms with Gasteiger partial charge in [0.1, 0.15) is 5.54 Å². The van der Waals surface area contributed by atoms with Crippen molar-refractivity contribution in [2.45, 2.75) is 18.0 Å². The van der Waals surface area contributed by atoms with E-state index in [-0.39, 0.29) is 11.8 Å². The summed E-state index contributed by atoms with van der Waals surface area (Å²) in [6, 6.07) is 6.64. The van der Waals surface area contributed by atoms with E-state index in [2.05, 4.69) is 5.32 Å². The summed E-state index contributed by atoms with van der Waals surface area (Å²) in [6.07, 6.45) is 2.33. The summed E-state index contributed by atoms with van der Waals surface area (Å²) < 4.78 is 5.05. The molecule has 0 bridgehead atoms. The lowest BCUT2D eigenvalue weighted by Crippen LogP contribution is -2.56. The molecule has 1 aromatic carbocycles. The number of nitrogens with zero attached hydrogens (tertiary/aromatic N) is 1. The molecule has 2 saturated heterocycles. The van der Waals surface area contributed by atoms with Crippen LogP contribution in [0.4, 0.5) is 0 Å². The van der Waals surface area contributed by atoms with Crippen molar-refractivity contribution in [2.75, 3.05) is 26.2 Å². The highest BCUT2D eigenvalue weighted by molar-refractivity contribution is 7.98. The molecular weight excluding hydrogens is 376 g/mol. The fourth-order valence-electron chi connectivity index (χ4n) is 4.07. The van der Waals surface area contributed by atoms with Crippen LogP contribution in [-0.2, 0) is 19.1 Å². The number of carbonyl (C=O) groups is 3. The van der Waals surface area contributed by atoms with E-state index in [1.807, 2.05) is 18.4 Å². The maximum atomic E-state index is 12.9. The van der Waals surface area contributed by atoms with E-state index < -0.39 is 29.4 Å². The molecule has 2 aliphatic heterocycles. The number of hydrogen-bond acceptors (Lipinski definition) is 6. The Morgan fingerprint density at radius 1 is 1.31 bits per heavy atom. The van der Waals surface area contributed by atoms with Gasteiger partial charge in [0.15, 0.2) is 0 Å². The number of fused-ring (bicyclic) bond motifs is 1. The lowest BCUT2D eigenvalue weighted by Gasteiger charge is -2.32. The summed E-state index contributed by atoms with van der Waals surface area (Å²) >= 11 is 7.55. The molecule has 3 rings (SSSR count). The highest BCUT2D eigenvalue weighted by Crippen LogP contribution is 2.50. The number of benzene rings is 1. The van der Waals surface area contributed by atoms with Crippen LogP contribution in [0.5, 0.6) is 0 Å². The molecular formula is C18H21ClN2O4S. The molecule has 140 valence electrons. The van der Waals surface area contributed by atoms with Gasteiger partial charge in [-0.2, -0.15) is 11.8 Å². The van der Waals surface area contributed by atoms with Crippen molar-refractivity contribution < 1.29 is 19.1 Å². The first-order valence-corrected chi connectivity index (χ1v) is 10.1. The third-order valence-corrected chi connectivity index (χ3v) is 6.22. The molecule has 0 spiro atoms. The monoisotopic (exact) mass is 396 g/mol. The maximum absolute atomic E-state index is 12.9. The van der Waals surface area contributed by atoms with Crippen molar-refractivity contribution >= 4 is 41.1 Å². The van der Waals surface area contributed by atoms with Gasteiger partial charge in [-0.05, 0) is 36.1 Å². The van der Waals surface area contributed by atoms with Gasteiger partial charge in [0, 0.05) is 18.1 Å². The smallest absolute Gasteiger partial charge is 0.326 e. The molecule has 0 saturated carbocycles. The molecule has 2 heterocycles. The van der Waals surface area contributed by atoms with Crippen LogP contribution in [0.2, 0.25) is 5.02 Å². The van der Waals surface area contributed by atoms with Crippen LogP contribution in [0.25, 0.3) is 0 Å². The largest absolute Gasteiger partial charge is 0.468 e. The number of methoxy groups -OCH3 is 1. The van der Waals surface area contributed by atoms with E-state index in [0.29, 0.717) is 17.2 Å². The second kappa shape index (κ2) is 7.21. The van der Waals surface area contributed by atoms with Gasteiger partial charge in [0.05, 0.1) is 18.9 Å². The minimum absolute atomic E-state index is 0.276. The number of likely N-dealkylation sites (tertiary alicyclic amines) is 1. The molecule has 26 heavy (non-hydrogen) atoms. The molecule has 4 unspecified atom stereocenters. The van der Waals surface area contributed by atoms with Crippen LogP contribution in [0.15, 0.2) is 24.3 Å². The third kappa shape index (κ3) is 2.82. The van der Waals surface area contributed by atoms with E-state index in [4.69, 9.17) is 16.3 Å². The molecule has 0 radical (unpaired) electrons. The van der Waals surface area contributed by atoms with Gasteiger partial charge in [0.25, 0.3) is 0 Å². The second-order valence-corrected chi connectivity index (χ2v) is 8.04. The van der Waals surface area contributed by atoms with Gasteiger partial charge in [0.2, 0.25) is 11.8 Å². The normalized spacial score (nSPS) is 30.6. The van der Waals surface area contributed by atoms with E-state index in [9.17, 15) is 14.4 Å². The van der Waals surface area contributed by atoms with Crippen LogP contribution in [0.3, 0.4) is 0 Å². The van der Waals surface area contributed by atoms with Gasteiger partial charge in [-0.1, -0.05) is 23.7 Å². The molecule has 0 aliphatic carbocycles. The van der Waals surface area contributed by atoms with Crippen LogP contribution in [0, 0.1) is 11.8 Å². The first kappa shape index (κ1) is 19.2. The van der Waals surface area contributed by atoms with Crippen molar-refractivity contribution in [1.82, 2.24) is 10.2 Å². The van der Waals surface area contributed by atoms with Crippen molar-refractivity contribution in [3.05, 3.63) is 34.9 Å². The summed E-state index contributed by atoms with van der Waals surface area (Å²) in [5.74, 6) is -1.88. The number of ether oxygens (including phenoxy) is 1. The van der Waals surface area contributed by atoms with Gasteiger partial charge < -0.3 is 4.74 Å². The fourth-order valence-corrected chi connectivity index (χ4v) is 4.72. The highest BCUT2D eigenvalue weighted by Gasteiger charge is 2.67. The lowest BCUT2D eigenvalue weighted by molar-refractivity contribution is -0.154. The number of amides is 2. The maximum Gasteiger partial charge on any atom is 0.326 e. The van der Waals surface area contributed by atoms with Crippen LogP contribution < -0.4 is 5.32 Å². The Morgan fingerprint density at radius 2 is 1.96 bits per heavy atom. The Balaban J connectivity index is 2.11. The molecule has 1 aromatic rings. The van der Waals surface area contributed by atoms with Crippen molar-refractivity contribution in [1.29, 1.82) is 0 Å². The number of carbonyl (C=O) groups excluding carboxylic acids is 3. The van der Waals surface area contributed by atoms with Crippen LogP contribution in [-0.4, -0.2) is 54.4 Å². The molecule has 2 fully saturated rings. The van der Waals surface area contributed by atoms with Crippen molar-refractivity contribution in [3.63, 3.8) is 0 Å². The lowest BCUT2D eigenvalue weighted by atomic mass is 9.78. The average Bonchev–Trinajstić information content (AvgIpc) is 3.10. The number of nitrogens with one attached hydrogen (secondary N) is 1. The molecule has 8 heteroatoms. The van der Waals surface area contributed by atoms with Gasteiger partial charge in [-0.3, -0.25) is 24.6 Å². The van der Waals surface area contributed by atoms with Crippen LogP contribution in [0.1, 0.15) is 18.0 Å². The van der Waals surface area contributed by atoms with Crippen molar-refractivity contribution in [3.8, 4) is 0 Å². The summed E-state index contributed by atoms with van der Waals surface area (Å²) in [6.45, 7) is 0. The Hall–Kier alpha value is -1.57. The van der Waals surface area contributed by atoms with Gasteiger partial charge >= 0.3 is 5.97 Å². The Labute approximate surface area is 161 Å². The number of hydrogen-bond donors (Lipinski definition) is 1. The number of rotatable bonds is 5. The minimum atomic E-state index is -1.22. The zero-order valence-electron chi connectivity index (χ0n) is 14.8. The number of halogens is 1. The number of imide groups is 1. The van der Waals surface area contributed by atoms with E-state index in [1.54, 1.807) is 23.9 Å². The SMILES string of the molecule is COC(=O)C1(CCSC)NC(c2ccc(Cl)cc2)C2C(=O)N(C)C(=O)C21. The minimum Gasteiger partial charge on any atom is -0.468 e. The topological polar surface area (TPSA) is 75.7 Å². The summed E-state index contributed by atoms with van der Waals surface area (Å²) in [7, 11) is 2.78. The molecule has 2 amide bonds. The fraction of sp³-hybridized carbons (Fsp3) is 0.500. The Morgan fingerprint density at radius 3 is 2.54 bits per heavy atom. The van der Waals surface area contributed by atoms with Gasteiger partial charge in [-0.25, -0.2) is 0 Å². The summed E-state index contributed by atoms with van der Waals surface area (Å²) in [5.41, 5.74) is -0.402. The number of esters is 1. The third-order valence-electron chi connectivity index (χ3n) is 5.35. The summed E-state index contributed by atoms with van der Waals surface area (Å²) in [5, 5.41) is 3.89. The first-order chi connectivity index (χ1) is 12.4. The second-order valence-electron chi connectivity index (χ2n) is 6.62. The predicted octanol–water partition coefficient (Wildman–Crippen LogP) is 1.88. The zero-order valence-corrected chi connectivity index (χ0v) is 16.4. The first-order valence-electron chi connectivity index (χ1n) is 8.29. The molecule has 6 nitrogen and oxygen atoms in total. The molecule has 0 aromatic heterocycles. The Kier molecular flexibility index (Phi) is 5.33. The zero-order chi connectivity index (χ0) is 19.1. The predicted molar refractivity (Wildman–Crippen MR) is 99.8 cm³/mol. The molecule has 2 aliphatic rings. The standard InChI is InChI=1S/C18H21ClN2O4S/c1-21-15(22)12-13(16(21)23)18(8-9-26-3,17(24)25-2)20-14(12)10-4-6-11(19)7-5-10/h4-7,12-14,20H,8-9H2,1-3H3. The number of thioether (sulfide) groups is 1. The molecule has 1 N–H and O–H groups in total. The summed E-state index contributed by atoms with van der Waals surface area (Å²) in [4.78, 5) is 39.6. The highest BCUT2D eigenvalue weighted by atomic mass is 35.5. The quantitative estimate of drug-likeness (QED) is 0.605. The molecule has 4 atom stereocenters. The van der Waals surface area contributed by atoms with Crippen LogP contribution >= 0.6 is 23.4 Å². The van der Waals surface area contributed by atoms with E-state index in [1.165, 1.54) is 14.2 Å². The van der Waals surface area contributed by atoms with Gasteiger partial charge in [-0.15, -0.1) is 0 Å². The average molecular weight is 397 g/mol. The van der Waals surface area contributed by atoms with E-state index >= 15 is 0 Å².